The Bertz CT molecular complexity index is 380. The number of nitrogens with zero attached hydrogens (tertiary/aromatic N) is 3. The highest BCUT2D eigenvalue weighted by Crippen LogP contribution is 2.23. The van der Waals surface area contributed by atoms with Crippen molar-refractivity contribution in [3.63, 3.8) is 0 Å². The summed E-state index contributed by atoms with van der Waals surface area (Å²) in [5, 5.41) is 9.22. The van der Waals surface area contributed by atoms with Crippen LogP contribution in [0.3, 0.4) is 0 Å². The summed E-state index contributed by atoms with van der Waals surface area (Å²) in [6.07, 6.45) is 2.96. The van der Waals surface area contributed by atoms with E-state index in [1.165, 1.54) is 0 Å². The highest BCUT2D eigenvalue weighted by molar-refractivity contribution is 5.38. The predicted octanol–water partition coefficient (Wildman–Crippen LogP) is 0.0349. The summed E-state index contributed by atoms with van der Waals surface area (Å²) in [5.41, 5.74) is 5.77. The molecule has 6 heteroatoms. The van der Waals surface area contributed by atoms with Crippen molar-refractivity contribution in [2.24, 2.45) is 0 Å². The predicted molar refractivity (Wildman–Crippen MR) is 64.7 cm³/mol. The Kier molecular flexibility index (Phi) is 3.17. The third-order valence-corrected chi connectivity index (χ3v) is 2.63. The number of aromatic nitrogens is 2. The lowest BCUT2D eigenvalue weighted by atomic mass is 10.1. The molecule has 1 aromatic heterocycles. The van der Waals surface area contributed by atoms with E-state index >= 15 is 0 Å². The smallest absolute Gasteiger partial charge is 0.225 e. The van der Waals surface area contributed by atoms with Crippen LogP contribution in [-0.4, -0.2) is 46.5 Å². The lowest BCUT2D eigenvalue weighted by molar-refractivity contribution is -0.101. The molecule has 1 aromatic rings. The number of aliphatic hydroxyl groups is 1. The van der Waals surface area contributed by atoms with Gasteiger partial charge in [0, 0.05) is 13.1 Å². The zero-order valence-corrected chi connectivity index (χ0v) is 10.1. The van der Waals surface area contributed by atoms with E-state index in [0.29, 0.717) is 24.7 Å². The Morgan fingerprint density at radius 3 is 2.76 bits per heavy atom. The maximum Gasteiger partial charge on any atom is 0.225 e. The molecule has 0 spiro atoms. The molecule has 1 fully saturated rings. The number of nitrogen functional groups attached to an aromatic ring is 1. The fourth-order valence-corrected chi connectivity index (χ4v) is 2.04. The van der Waals surface area contributed by atoms with E-state index in [1.54, 1.807) is 12.4 Å². The summed E-state index contributed by atoms with van der Waals surface area (Å²) in [4.78, 5) is 10.4. The molecule has 0 aromatic carbocycles. The summed E-state index contributed by atoms with van der Waals surface area (Å²) >= 11 is 0. The lowest BCUT2D eigenvalue weighted by Crippen LogP contribution is -2.54. The van der Waals surface area contributed by atoms with E-state index in [0.717, 1.165) is 0 Å². The molecular formula is C11H18N4O2. The molecule has 1 unspecified atom stereocenters. The second-order valence-corrected chi connectivity index (χ2v) is 4.88. The van der Waals surface area contributed by atoms with Gasteiger partial charge in [0.2, 0.25) is 5.95 Å². The Morgan fingerprint density at radius 1 is 1.53 bits per heavy atom. The molecule has 1 aliphatic rings. The number of ether oxygens (including phenoxy) is 1. The SMILES string of the molecule is CC1(C)CN(c2ncc(N)cn2)CC(CO)O1. The molecule has 0 amide bonds. The summed E-state index contributed by atoms with van der Waals surface area (Å²) in [5.74, 6) is 0.619. The molecule has 1 saturated heterocycles. The first-order chi connectivity index (χ1) is 8.00. The average Bonchev–Trinajstić information content (AvgIpc) is 2.27. The fourth-order valence-electron chi connectivity index (χ4n) is 2.04. The van der Waals surface area contributed by atoms with Crippen molar-refractivity contribution in [3.05, 3.63) is 12.4 Å². The second-order valence-electron chi connectivity index (χ2n) is 4.88. The Labute approximate surface area is 100 Å². The van der Waals surface area contributed by atoms with Crippen molar-refractivity contribution < 1.29 is 9.84 Å². The van der Waals surface area contributed by atoms with E-state index < -0.39 is 0 Å². The van der Waals surface area contributed by atoms with Crippen molar-refractivity contribution in [2.75, 3.05) is 30.3 Å². The Hall–Kier alpha value is -1.40. The van der Waals surface area contributed by atoms with Gasteiger partial charge in [-0.2, -0.15) is 0 Å². The molecule has 0 bridgehead atoms. The summed E-state index contributed by atoms with van der Waals surface area (Å²) in [6.45, 7) is 5.24. The van der Waals surface area contributed by atoms with E-state index in [9.17, 15) is 5.11 Å². The quantitative estimate of drug-likeness (QED) is 0.756. The maximum atomic E-state index is 9.22. The van der Waals surface area contributed by atoms with Gasteiger partial charge in [-0.05, 0) is 13.8 Å². The normalized spacial score (nSPS) is 23.7. The number of nitrogens with two attached hydrogens (primary N) is 1. The van der Waals surface area contributed by atoms with Crippen LogP contribution in [0.5, 0.6) is 0 Å². The zero-order valence-electron chi connectivity index (χ0n) is 10.1. The molecule has 0 saturated carbocycles. The molecule has 3 N–H and O–H groups in total. The van der Waals surface area contributed by atoms with Gasteiger partial charge in [0.05, 0.1) is 36.4 Å². The largest absolute Gasteiger partial charge is 0.396 e. The van der Waals surface area contributed by atoms with Crippen molar-refractivity contribution >= 4 is 11.6 Å². The van der Waals surface area contributed by atoms with Crippen LogP contribution in [0.4, 0.5) is 11.6 Å². The van der Waals surface area contributed by atoms with Gasteiger partial charge in [0.15, 0.2) is 0 Å². The molecule has 6 nitrogen and oxygen atoms in total. The number of hydrogen-bond donors (Lipinski definition) is 2. The van der Waals surface area contributed by atoms with Gasteiger partial charge in [0.1, 0.15) is 0 Å². The average molecular weight is 238 g/mol. The number of morpholine rings is 1. The van der Waals surface area contributed by atoms with Gasteiger partial charge in [-0.3, -0.25) is 0 Å². The standard InChI is InChI=1S/C11H18N4O2/c1-11(2)7-15(5-9(6-16)17-11)10-13-3-8(12)4-14-10/h3-4,9,16H,5-7,12H2,1-2H3. The lowest BCUT2D eigenvalue weighted by Gasteiger charge is -2.42. The van der Waals surface area contributed by atoms with Crippen LogP contribution in [0.25, 0.3) is 0 Å². The van der Waals surface area contributed by atoms with E-state index in [4.69, 9.17) is 10.5 Å². The van der Waals surface area contributed by atoms with E-state index in [1.807, 2.05) is 18.7 Å². The first-order valence-electron chi connectivity index (χ1n) is 5.61. The van der Waals surface area contributed by atoms with Crippen LogP contribution >= 0.6 is 0 Å². The van der Waals surface area contributed by atoms with Crippen LogP contribution in [0, 0.1) is 0 Å². The fraction of sp³-hybridized carbons (Fsp3) is 0.636. The maximum absolute atomic E-state index is 9.22. The molecule has 94 valence electrons. The van der Waals surface area contributed by atoms with Crippen molar-refractivity contribution in [2.45, 2.75) is 25.6 Å². The van der Waals surface area contributed by atoms with Gasteiger partial charge in [-0.1, -0.05) is 0 Å². The van der Waals surface area contributed by atoms with Crippen LogP contribution in [0.2, 0.25) is 0 Å². The van der Waals surface area contributed by atoms with Gasteiger partial charge < -0.3 is 20.5 Å². The molecule has 17 heavy (non-hydrogen) atoms. The van der Waals surface area contributed by atoms with Crippen LogP contribution in [-0.2, 0) is 4.74 Å². The number of rotatable bonds is 2. The summed E-state index contributed by atoms with van der Waals surface area (Å²) < 4.78 is 5.73. The topological polar surface area (TPSA) is 84.5 Å². The summed E-state index contributed by atoms with van der Waals surface area (Å²) in [7, 11) is 0. The minimum absolute atomic E-state index is 0.00506. The van der Waals surface area contributed by atoms with Crippen LogP contribution in [0.1, 0.15) is 13.8 Å². The molecule has 2 heterocycles. The van der Waals surface area contributed by atoms with Gasteiger partial charge in [-0.25, -0.2) is 9.97 Å². The van der Waals surface area contributed by atoms with Crippen molar-refractivity contribution in [1.29, 1.82) is 0 Å². The van der Waals surface area contributed by atoms with E-state index in [-0.39, 0.29) is 18.3 Å². The zero-order chi connectivity index (χ0) is 12.5. The van der Waals surface area contributed by atoms with Gasteiger partial charge in [0.25, 0.3) is 0 Å². The minimum Gasteiger partial charge on any atom is -0.396 e. The van der Waals surface area contributed by atoms with Crippen molar-refractivity contribution in [1.82, 2.24) is 9.97 Å². The first-order valence-corrected chi connectivity index (χ1v) is 5.61. The second kappa shape index (κ2) is 4.46. The number of aliphatic hydroxyl groups excluding tert-OH is 1. The third kappa shape index (κ3) is 2.83. The number of anilines is 2. The van der Waals surface area contributed by atoms with Gasteiger partial charge >= 0.3 is 0 Å². The molecule has 2 rings (SSSR count). The monoisotopic (exact) mass is 238 g/mol. The van der Waals surface area contributed by atoms with Crippen LogP contribution < -0.4 is 10.6 Å². The Morgan fingerprint density at radius 2 is 2.18 bits per heavy atom. The minimum atomic E-state index is -0.323. The van der Waals surface area contributed by atoms with Crippen LogP contribution in [0.15, 0.2) is 12.4 Å². The molecule has 0 radical (unpaired) electrons. The molecular weight excluding hydrogens is 220 g/mol. The molecule has 0 aliphatic carbocycles. The highest BCUT2D eigenvalue weighted by atomic mass is 16.5. The Balaban J connectivity index is 2.17. The first kappa shape index (κ1) is 12.1. The van der Waals surface area contributed by atoms with Gasteiger partial charge in [-0.15, -0.1) is 0 Å². The van der Waals surface area contributed by atoms with Crippen molar-refractivity contribution in [3.8, 4) is 0 Å². The van der Waals surface area contributed by atoms with E-state index in [2.05, 4.69) is 9.97 Å². The third-order valence-electron chi connectivity index (χ3n) is 2.63. The summed E-state index contributed by atoms with van der Waals surface area (Å²) in [6, 6.07) is 0. The molecule has 1 aliphatic heterocycles. The highest BCUT2D eigenvalue weighted by Gasteiger charge is 2.34. The number of hydrogen-bond acceptors (Lipinski definition) is 6. The molecule has 1 atom stereocenters.